The van der Waals surface area contributed by atoms with E-state index in [4.69, 9.17) is 0 Å². The summed E-state index contributed by atoms with van der Waals surface area (Å²) in [4.78, 5) is 19.4. The maximum absolute atomic E-state index is 11.6. The second-order valence-corrected chi connectivity index (χ2v) is 5.23. The molecular weight excluding hydrogens is 274 g/mol. The van der Waals surface area contributed by atoms with E-state index in [9.17, 15) is 4.79 Å². The van der Waals surface area contributed by atoms with Gasteiger partial charge in [0.1, 0.15) is 5.82 Å². The molecule has 2 aromatic rings. The standard InChI is InChI=1S/C18H21N3O/c1-4-8-15-16(11-14-9-6-5-7-10-14)21-17(20-15)12-19-18(22)13(2)3/h4-7,9-10H,1-2,8,11-12H2,3H3,(H,19,22)(H,20,21). The minimum atomic E-state index is -0.161. The van der Waals surface area contributed by atoms with E-state index in [1.807, 2.05) is 24.3 Å². The van der Waals surface area contributed by atoms with Crippen molar-refractivity contribution in [2.24, 2.45) is 0 Å². The molecule has 0 unspecified atom stereocenters. The zero-order valence-electron chi connectivity index (χ0n) is 12.9. The fourth-order valence-electron chi connectivity index (χ4n) is 2.16. The summed E-state index contributed by atoms with van der Waals surface area (Å²) in [6.07, 6.45) is 3.32. The van der Waals surface area contributed by atoms with Crippen molar-refractivity contribution in [1.29, 1.82) is 0 Å². The van der Waals surface area contributed by atoms with Crippen molar-refractivity contribution >= 4 is 5.91 Å². The third-order valence-electron chi connectivity index (χ3n) is 3.28. The number of imidazole rings is 1. The van der Waals surface area contributed by atoms with Crippen LogP contribution in [0.3, 0.4) is 0 Å². The van der Waals surface area contributed by atoms with Crippen LogP contribution in [0.5, 0.6) is 0 Å². The van der Waals surface area contributed by atoms with Crippen molar-refractivity contribution in [1.82, 2.24) is 15.3 Å². The minimum absolute atomic E-state index is 0.161. The van der Waals surface area contributed by atoms with Crippen LogP contribution in [0.2, 0.25) is 0 Å². The molecule has 0 saturated carbocycles. The summed E-state index contributed by atoms with van der Waals surface area (Å²) >= 11 is 0. The highest BCUT2D eigenvalue weighted by molar-refractivity contribution is 5.91. The number of aromatic nitrogens is 2. The van der Waals surface area contributed by atoms with E-state index < -0.39 is 0 Å². The van der Waals surface area contributed by atoms with Gasteiger partial charge in [-0.3, -0.25) is 4.79 Å². The Morgan fingerprint density at radius 1 is 1.36 bits per heavy atom. The zero-order valence-corrected chi connectivity index (χ0v) is 12.9. The highest BCUT2D eigenvalue weighted by atomic mass is 16.1. The highest BCUT2D eigenvalue weighted by Crippen LogP contribution is 2.13. The third-order valence-corrected chi connectivity index (χ3v) is 3.28. The summed E-state index contributed by atoms with van der Waals surface area (Å²) in [5.41, 5.74) is 3.74. The van der Waals surface area contributed by atoms with Gasteiger partial charge in [0, 0.05) is 24.1 Å². The lowest BCUT2D eigenvalue weighted by Gasteiger charge is -2.02. The van der Waals surface area contributed by atoms with Gasteiger partial charge in [-0.2, -0.15) is 0 Å². The van der Waals surface area contributed by atoms with E-state index >= 15 is 0 Å². The molecule has 0 bridgehead atoms. The van der Waals surface area contributed by atoms with E-state index in [0.29, 0.717) is 18.5 Å². The molecule has 1 aromatic heterocycles. The van der Waals surface area contributed by atoms with E-state index in [1.54, 1.807) is 6.92 Å². The number of nitrogens with zero attached hydrogens (tertiary/aromatic N) is 1. The molecule has 4 heteroatoms. The molecule has 22 heavy (non-hydrogen) atoms. The van der Waals surface area contributed by atoms with Crippen LogP contribution in [0.25, 0.3) is 0 Å². The normalized spacial score (nSPS) is 10.2. The second kappa shape index (κ2) is 7.41. The molecule has 1 heterocycles. The molecule has 4 nitrogen and oxygen atoms in total. The van der Waals surface area contributed by atoms with Crippen molar-refractivity contribution in [2.45, 2.75) is 26.3 Å². The lowest BCUT2D eigenvalue weighted by molar-refractivity contribution is -0.117. The molecule has 0 saturated heterocycles. The maximum Gasteiger partial charge on any atom is 0.246 e. The van der Waals surface area contributed by atoms with Gasteiger partial charge in [-0.1, -0.05) is 43.0 Å². The van der Waals surface area contributed by atoms with Gasteiger partial charge in [0.2, 0.25) is 5.91 Å². The maximum atomic E-state index is 11.6. The quantitative estimate of drug-likeness (QED) is 0.609. The number of rotatable bonds is 7. The van der Waals surface area contributed by atoms with E-state index in [1.165, 1.54) is 5.56 Å². The Labute approximate surface area is 131 Å². The van der Waals surface area contributed by atoms with Crippen LogP contribution < -0.4 is 5.32 Å². The Morgan fingerprint density at radius 2 is 2.09 bits per heavy atom. The Bertz CT molecular complexity index is 671. The van der Waals surface area contributed by atoms with Crippen LogP contribution in [0.15, 0.2) is 55.1 Å². The molecule has 0 spiro atoms. The van der Waals surface area contributed by atoms with E-state index in [0.717, 1.165) is 23.6 Å². The van der Waals surface area contributed by atoms with Crippen LogP contribution >= 0.6 is 0 Å². The number of allylic oxidation sites excluding steroid dienone is 1. The molecule has 0 aliphatic rings. The molecule has 1 amide bonds. The molecule has 2 N–H and O–H groups in total. The van der Waals surface area contributed by atoms with Crippen LogP contribution in [0, 0.1) is 0 Å². The second-order valence-electron chi connectivity index (χ2n) is 5.23. The van der Waals surface area contributed by atoms with Crippen molar-refractivity contribution in [3.05, 3.63) is 77.9 Å². The molecular formula is C18H21N3O. The Balaban J connectivity index is 2.13. The summed E-state index contributed by atoms with van der Waals surface area (Å²) in [6.45, 7) is 9.44. The molecule has 0 aliphatic heterocycles. The Morgan fingerprint density at radius 3 is 2.73 bits per heavy atom. The number of amides is 1. The first kappa shape index (κ1) is 15.8. The number of hydrogen-bond donors (Lipinski definition) is 2. The molecule has 0 fully saturated rings. The SMILES string of the molecule is C=CCc1nc(CNC(=O)C(=C)C)[nH]c1Cc1ccccc1. The summed E-state index contributed by atoms with van der Waals surface area (Å²) in [6, 6.07) is 10.2. The van der Waals surface area contributed by atoms with Crippen molar-refractivity contribution in [3.63, 3.8) is 0 Å². The fourth-order valence-corrected chi connectivity index (χ4v) is 2.16. The molecule has 0 aliphatic carbocycles. The predicted molar refractivity (Wildman–Crippen MR) is 88.4 cm³/mol. The average molecular weight is 295 g/mol. The number of H-pyrrole nitrogens is 1. The predicted octanol–water partition coefficient (Wildman–Crippen LogP) is 2.92. The van der Waals surface area contributed by atoms with Gasteiger partial charge in [0.15, 0.2) is 0 Å². The largest absolute Gasteiger partial charge is 0.345 e. The first-order chi connectivity index (χ1) is 10.6. The fraction of sp³-hybridized carbons (Fsp3) is 0.222. The number of carbonyl (C=O) groups excluding carboxylic acids is 1. The van der Waals surface area contributed by atoms with Crippen LogP contribution in [0.1, 0.15) is 29.7 Å². The number of benzene rings is 1. The van der Waals surface area contributed by atoms with Gasteiger partial charge in [0.05, 0.1) is 12.2 Å². The molecule has 1 aromatic carbocycles. The van der Waals surface area contributed by atoms with Crippen molar-refractivity contribution in [2.75, 3.05) is 0 Å². The van der Waals surface area contributed by atoms with Crippen LogP contribution in [-0.2, 0) is 24.2 Å². The van der Waals surface area contributed by atoms with Gasteiger partial charge in [0.25, 0.3) is 0 Å². The summed E-state index contributed by atoms with van der Waals surface area (Å²) in [5.74, 6) is 0.587. The lowest BCUT2D eigenvalue weighted by Crippen LogP contribution is -2.23. The first-order valence-electron chi connectivity index (χ1n) is 7.25. The number of hydrogen-bond acceptors (Lipinski definition) is 2. The van der Waals surface area contributed by atoms with E-state index in [-0.39, 0.29) is 5.91 Å². The van der Waals surface area contributed by atoms with Gasteiger partial charge >= 0.3 is 0 Å². The van der Waals surface area contributed by atoms with Gasteiger partial charge in [-0.15, -0.1) is 6.58 Å². The third kappa shape index (κ3) is 4.19. The van der Waals surface area contributed by atoms with E-state index in [2.05, 4.69) is 40.6 Å². The van der Waals surface area contributed by atoms with Crippen LogP contribution in [0.4, 0.5) is 0 Å². The van der Waals surface area contributed by atoms with Crippen molar-refractivity contribution in [3.8, 4) is 0 Å². The molecule has 0 atom stereocenters. The number of aromatic amines is 1. The smallest absolute Gasteiger partial charge is 0.246 e. The molecule has 2 rings (SSSR count). The summed E-state index contributed by atoms with van der Waals surface area (Å²) in [5, 5.41) is 2.79. The minimum Gasteiger partial charge on any atom is -0.345 e. The topological polar surface area (TPSA) is 57.8 Å². The van der Waals surface area contributed by atoms with Crippen molar-refractivity contribution < 1.29 is 4.79 Å². The molecule has 114 valence electrons. The average Bonchev–Trinajstić information content (AvgIpc) is 2.88. The van der Waals surface area contributed by atoms with Gasteiger partial charge in [-0.25, -0.2) is 4.98 Å². The monoisotopic (exact) mass is 295 g/mol. The van der Waals surface area contributed by atoms with Gasteiger partial charge < -0.3 is 10.3 Å². The number of carbonyl (C=O) groups is 1. The summed E-state index contributed by atoms with van der Waals surface area (Å²) < 4.78 is 0. The first-order valence-corrected chi connectivity index (χ1v) is 7.25. The zero-order chi connectivity index (χ0) is 15.9. The lowest BCUT2D eigenvalue weighted by atomic mass is 10.1. The summed E-state index contributed by atoms with van der Waals surface area (Å²) in [7, 11) is 0. The van der Waals surface area contributed by atoms with Gasteiger partial charge in [-0.05, 0) is 12.5 Å². The Hall–Kier alpha value is -2.62. The Kier molecular flexibility index (Phi) is 5.31. The molecule has 0 radical (unpaired) electrons. The highest BCUT2D eigenvalue weighted by Gasteiger charge is 2.11. The number of nitrogens with one attached hydrogen (secondary N) is 2. The van der Waals surface area contributed by atoms with Crippen LogP contribution in [-0.4, -0.2) is 15.9 Å².